The van der Waals surface area contributed by atoms with Crippen molar-refractivity contribution in [2.24, 2.45) is 10.9 Å². The molecule has 0 bridgehead atoms. The number of nitrogens with one attached hydrogen (secondary N) is 1. The molecule has 1 fully saturated rings. The van der Waals surface area contributed by atoms with E-state index in [2.05, 4.69) is 43.2 Å². The van der Waals surface area contributed by atoms with Crippen LogP contribution in [0.25, 0.3) is 0 Å². The summed E-state index contributed by atoms with van der Waals surface area (Å²) < 4.78 is 0. The summed E-state index contributed by atoms with van der Waals surface area (Å²) in [5, 5.41) is 4.60. The summed E-state index contributed by atoms with van der Waals surface area (Å²) in [7, 11) is 0. The minimum atomic E-state index is 0.592. The summed E-state index contributed by atoms with van der Waals surface area (Å²) in [5.74, 6) is 1.84. The average Bonchev–Trinajstić information content (AvgIpc) is 2.83. The smallest absolute Gasteiger partial charge is 0.157 e. The van der Waals surface area contributed by atoms with E-state index in [0.717, 1.165) is 17.5 Å². The third kappa shape index (κ3) is 3.01. The summed E-state index contributed by atoms with van der Waals surface area (Å²) in [6, 6.07) is 4.92. The number of thioether (sulfide) groups is 1. The quantitative estimate of drug-likeness (QED) is 0.895. The first kappa shape index (κ1) is 12.0. The lowest BCUT2D eigenvalue weighted by Crippen LogP contribution is -2.31. The molecule has 0 radical (unpaired) electrons. The zero-order valence-corrected chi connectivity index (χ0v) is 11.6. The fraction of sp³-hybridized carbons (Fsp3) is 0.583. The number of nitrogens with zero attached hydrogens (tertiary/aromatic N) is 1. The van der Waals surface area contributed by atoms with Crippen LogP contribution < -0.4 is 5.32 Å². The molecule has 0 aliphatic carbocycles. The van der Waals surface area contributed by atoms with Gasteiger partial charge < -0.3 is 5.32 Å². The summed E-state index contributed by atoms with van der Waals surface area (Å²) in [6.45, 7) is 7.46. The van der Waals surface area contributed by atoms with E-state index >= 15 is 0 Å². The lowest BCUT2D eigenvalue weighted by molar-refractivity contribution is 0.503. The molecule has 4 heteroatoms. The topological polar surface area (TPSA) is 24.4 Å². The van der Waals surface area contributed by atoms with E-state index in [0.29, 0.717) is 12.0 Å². The van der Waals surface area contributed by atoms with Crippen molar-refractivity contribution in [3.8, 4) is 0 Å². The van der Waals surface area contributed by atoms with E-state index in [1.54, 1.807) is 0 Å². The van der Waals surface area contributed by atoms with Gasteiger partial charge in [0, 0.05) is 21.5 Å². The fourth-order valence-electron chi connectivity index (χ4n) is 1.58. The molecule has 1 aliphatic heterocycles. The molecule has 2 rings (SSSR count). The molecule has 1 atom stereocenters. The van der Waals surface area contributed by atoms with Crippen LogP contribution in [0.15, 0.2) is 17.1 Å². The van der Waals surface area contributed by atoms with Crippen molar-refractivity contribution in [1.29, 1.82) is 0 Å². The SMILES string of the molecule is Cc1ccc(CN=C2NC(C(C)C)CS2)s1. The second-order valence-electron chi connectivity index (χ2n) is 4.44. The van der Waals surface area contributed by atoms with Gasteiger partial charge in [-0.05, 0) is 25.0 Å². The first-order chi connectivity index (χ1) is 7.65. The number of rotatable bonds is 3. The maximum absolute atomic E-state index is 4.62. The molecule has 0 spiro atoms. The third-order valence-corrected chi connectivity index (χ3v) is 4.72. The molecule has 1 unspecified atom stereocenters. The molecule has 1 saturated heterocycles. The zero-order chi connectivity index (χ0) is 11.5. The van der Waals surface area contributed by atoms with Crippen LogP contribution in [0, 0.1) is 12.8 Å². The van der Waals surface area contributed by atoms with Crippen LogP contribution in [0.5, 0.6) is 0 Å². The molecule has 1 aromatic heterocycles. The molecule has 0 amide bonds. The molecule has 1 aromatic rings. The van der Waals surface area contributed by atoms with Gasteiger partial charge in [-0.2, -0.15) is 0 Å². The van der Waals surface area contributed by atoms with Crippen LogP contribution in [0.2, 0.25) is 0 Å². The van der Waals surface area contributed by atoms with Gasteiger partial charge >= 0.3 is 0 Å². The number of hydrogen-bond acceptors (Lipinski definition) is 3. The minimum absolute atomic E-state index is 0.592. The molecule has 1 N–H and O–H groups in total. The highest BCUT2D eigenvalue weighted by molar-refractivity contribution is 8.14. The van der Waals surface area contributed by atoms with Crippen molar-refractivity contribution in [2.75, 3.05) is 5.75 Å². The Balaban J connectivity index is 1.90. The first-order valence-corrected chi connectivity index (χ1v) is 7.44. The minimum Gasteiger partial charge on any atom is -0.361 e. The number of hydrogen-bond donors (Lipinski definition) is 1. The normalized spacial score (nSPS) is 23.0. The Morgan fingerprint density at radius 3 is 2.88 bits per heavy atom. The Bertz CT molecular complexity index is 382. The van der Waals surface area contributed by atoms with E-state index in [1.165, 1.54) is 9.75 Å². The second-order valence-corrected chi connectivity index (χ2v) is 6.82. The first-order valence-electron chi connectivity index (χ1n) is 5.64. The summed E-state index contributed by atoms with van der Waals surface area (Å²) >= 11 is 3.68. The maximum atomic E-state index is 4.62. The van der Waals surface area contributed by atoms with Crippen LogP contribution in [0.1, 0.15) is 23.6 Å². The van der Waals surface area contributed by atoms with Crippen molar-refractivity contribution in [3.63, 3.8) is 0 Å². The fourth-order valence-corrected chi connectivity index (χ4v) is 3.59. The van der Waals surface area contributed by atoms with E-state index in [-0.39, 0.29) is 0 Å². The van der Waals surface area contributed by atoms with Crippen molar-refractivity contribution < 1.29 is 0 Å². The number of thiophene rings is 1. The summed E-state index contributed by atoms with van der Waals surface area (Å²) in [5.41, 5.74) is 0. The Labute approximate surface area is 106 Å². The van der Waals surface area contributed by atoms with Crippen LogP contribution in [-0.4, -0.2) is 17.0 Å². The molecule has 2 nitrogen and oxygen atoms in total. The zero-order valence-electron chi connectivity index (χ0n) is 9.99. The summed E-state index contributed by atoms with van der Waals surface area (Å²) in [4.78, 5) is 7.33. The highest BCUT2D eigenvalue weighted by atomic mass is 32.2. The van der Waals surface area contributed by atoms with E-state index < -0.39 is 0 Å². The molecule has 2 heterocycles. The average molecular weight is 254 g/mol. The van der Waals surface area contributed by atoms with E-state index in [9.17, 15) is 0 Å². The van der Waals surface area contributed by atoms with Gasteiger partial charge in [-0.1, -0.05) is 25.6 Å². The Morgan fingerprint density at radius 2 is 2.31 bits per heavy atom. The van der Waals surface area contributed by atoms with Gasteiger partial charge in [-0.3, -0.25) is 4.99 Å². The summed E-state index contributed by atoms with van der Waals surface area (Å²) in [6.07, 6.45) is 0. The van der Waals surface area contributed by atoms with Gasteiger partial charge in [0.2, 0.25) is 0 Å². The number of aliphatic imine (C=N–C) groups is 1. The molecular formula is C12H18N2S2. The van der Waals surface area contributed by atoms with Gasteiger partial charge in [-0.25, -0.2) is 0 Å². The predicted molar refractivity (Wildman–Crippen MR) is 74.4 cm³/mol. The molecule has 0 saturated carbocycles. The molecule has 1 aliphatic rings. The van der Waals surface area contributed by atoms with Gasteiger partial charge in [0.05, 0.1) is 6.54 Å². The van der Waals surface area contributed by atoms with E-state index in [4.69, 9.17) is 0 Å². The lowest BCUT2D eigenvalue weighted by Gasteiger charge is -2.12. The monoisotopic (exact) mass is 254 g/mol. The van der Waals surface area contributed by atoms with Gasteiger partial charge in [-0.15, -0.1) is 11.3 Å². The molecule has 16 heavy (non-hydrogen) atoms. The van der Waals surface area contributed by atoms with Crippen molar-refractivity contribution >= 4 is 28.3 Å². The van der Waals surface area contributed by atoms with Gasteiger partial charge in [0.25, 0.3) is 0 Å². The Hall–Kier alpha value is -0.480. The number of amidine groups is 1. The van der Waals surface area contributed by atoms with Gasteiger partial charge in [0.1, 0.15) is 0 Å². The van der Waals surface area contributed by atoms with Crippen molar-refractivity contribution in [3.05, 3.63) is 21.9 Å². The van der Waals surface area contributed by atoms with Crippen molar-refractivity contribution in [2.45, 2.75) is 33.4 Å². The largest absolute Gasteiger partial charge is 0.361 e. The lowest BCUT2D eigenvalue weighted by atomic mass is 10.1. The van der Waals surface area contributed by atoms with Crippen LogP contribution in [-0.2, 0) is 6.54 Å². The highest BCUT2D eigenvalue weighted by Gasteiger charge is 2.22. The van der Waals surface area contributed by atoms with E-state index in [1.807, 2.05) is 23.1 Å². The number of aryl methyl sites for hydroxylation is 1. The third-order valence-electron chi connectivity index (χ3n) is 2.69. The van der Waals surface area contributed by atoms with Crippen molar-refractivity contribution in [1.82, 2.24) is 5.32 Å². The molecular weight excluding hydrogens is 236 g/mol. The van der Waals surface area contributed by atoms with Crippen LogP contribution in [0.4, 0.5) is 0 Å². The predicted octanol–water partition coefficient (Wildman–Crippen LogP) is 3.27. The standard InChI is InChI=1S/C12H18N2S2/c1-8(2)11-7-15-12(14-11)13-6-10-5-4-9(3)16-10/h4-5,8,11H,6-7H2,1-3H3,(H,13,14). The molecule has 0 aromatic carbocycles. The maximum Gasteiger partial charge on any atom is 0.157 e. The van der Waals surface area contributed by atoms with Gasteiger partial charge in [0.15, 0.2) is 5.17 Å². The highest BCUT2D eigenvalue weighted by Crippen LogP contribution is 2.21. The Morgan fingerprint density at radius 1 is 1.50 bits per heavy atom. The van der Waals surface area contributed by atoms with Crippen LogP contribution >= 0.6 is 23.1 Å². The molecule has 88 valence electrons. The van der Waals surface area contributed by atoms with Crippen LogP contribution in [0.3, 0.4) is 0 Å². The Kier molecular flexibility index (Phi) is 3.92. The second kappa shape index (κ2) is 5.23.